The summed E-state index contributed by atoms with van der Waals surface area (Å²) in [5.41, 5.74) is -6.95. The molecule has 2 saturated heterocycles. The molecule has 11 heteroatoms. The summed E-state index contributed by atoms with van der Waals surface area (Å²) in [5, 5.41) is 48.2. The number of carbonyl (C=O) groups excluding carboxylic acids is 2. The predicted molar refractivity (Wildman–Crippen MR) is 144 cm³/mol. The van der Waals surface area contributed by atoms with Gasteiger partial charge < -0.3 is 44.1 Å². The lowest BCUT2D eigenvalue weighted by Gasteiger charge is -2.62. The Morgan fingerprint density at radius 2 is 1.64 bits per heavy atom. The lowest BCUT2D eigenvalue weighted by molar-refractivity contribution is -0.429. The molecule has 1 aromatic carbocycles. The summed E-state index contributed by atoms with van der Waals surface area (Å²) in [4.78, 5) is 25.9. The normalized spacial score (nSPS) is 52.2. The van der Waals surface area contributed by atoms with E-state index in [1.807, 2.05) is 0 Å². The summed E-state index contributed by atoms with van der Waals surface area (Å²) in [6.45, 7) is 13.3. The maximum absolute atomic E-state index is 13.5. The van der Waals surface area contributed by atoms with Gasteiger partial charge in [0.1, 0.15) is 23.4 Å². The van der Waals surface area contributed by atoms with Crippen LogP contribution in [-0.2, 0) is 28.5 Å². The Kier molecular flexibility index (Phi) is 6.41. The number of aliphatic hydroxyl groups excluding tert-OH is 2. The smallest absolute Gasteiger partial charge is 0.338 e. The minimum atomic E-state index is -2.28. The fraction of sp³-hybridized carbons (Fsp3) is 0.677. The largest absolute Gasteiger partial charge is 0.456 e. The third kappa shape index (κ3) is 3.47. The molecule has 0 radical (unpaired) electrons. The highest BCUT2D eigenvalue weighted by Crippen LogP contribution is 2.71. The van der Waals surface area contributed by atoms with E-state index in [1.54, 1.807) is 58.0 Å². The molecule has 5 fully saturated rings. The van der Waals surface area contributed by atoms with Crippen molar-refractivity contribution < 1.29 is 53.7 Å². The number of ether oxygens (including phenoxy) is 5. The van der Waals surface area contributed by atoms with E-state index in [0.29, 0.717) is 11.1 Å². The standard InChI is InChI=1S/C31H40O11/c1-14(2)30-23(39-25(35)18-11-9-8-10-12-18)16(4)31-19-13-15(3)21(33)29(19,37)26(38-17(5)32)27(6,36)22(34)20(31)24(30)40-28(7,41-30)42-31/h8-12,15-16,19-24,26,33-34,36-37H,1,13H2,2-7H3. The highest BCUT2D eigenvalue weighted by molar-refractivity contribution is 5.89. The van der Waals surface area contributed by atoms with Crippen molar-refractivity contribution in [2.24, 2.45) is 23.7 Å². The van der Waals surface area contributed by atoms with Crippen molar-refractivity contribution in [3.63, 3.8) is 0 Å². The molecule has 2 aliphatic heterocycles. The lowest BCUT2D eigenvalue weighted by atomic mass is 9.52. The van der Waals surface area contributed by atoms with Gasteiger partial charge in [-0.25, -0.2) is 4.79 Å². The molecule has 2 heterocycles. The molecule has 14 unspecified atom stereocenters. The lowest BCUT2D eigenvalue weighted by Crippen LogP contribution is -2.77. The van der Waals surface area contributed by atoms with Gasteiger partial charge in [-0.2, -0.15) is 0 Å². The van der Waals surface area contributed by atoms with Crippen LogP contribution < -0.4 is 0 Å². The number of benzene rings is 1. The zero-order valence-corrected chi connectivity index (χ0v) is 24.6. The molecule has 1 aromatic rings. The Morgan fingerprint density at radius 3 is 2.24 bits per heavy atom. The summed E-state index contributed by atoms with van der Waals surface area (Å²) < 4.78 is 31.5. The molecule has 3 saturated carbocycles. The maximum Gasteiger partial charge on any atom is 0.338 e. The average molecular weight is 589 g/mol. The molecule has 6 rings (SSSR count). The maximum atomic E-state index is 13.5. The van der Waals surface area contributed by atoms with Gasteiger partial charge in [0.2, 0.25) is 0 Å². The Hall–Kier alpha value is -2.38. The number of hydrogen-bond donors (Lipinski definition) is 4. The third-order valence-electron chi connectivity index (χ3n) is 10.7. The highest BCUT2D eigenvalue weighted by atomic mass is 16.9. The second kappa shape index (κ2) is 9.07. The summed E-state index contributed by atoms with van der Waals surface area (Å²) in [6, 6.07) is 8.44. The van der Waals surface area contributed by atoms with Crippen LogP contribution in [0.3, 0.4) is 0 Å². The van der Waals surface area contributed by atoms with Gasteiger partial charge in [-0.1, -0.05) is 38.6 Å². The van der Waals surface area contributed by atoms with Crippen molar-refractivity contribution in [3.05, 3.63) is 48.0 Å². The van der Waals surface area contributed by atoms with E-state index >= 15 is 0 Å². The van der Waals surface area contributed by atoms with E-state index in [2.05, 4.69) is 6.58 Å². The zero-order valence-electron chi connectivity index (χ0n) is 24.6. The van der Waals surface area contributed by atoms with Gasteiger partial charge in [0.15, 0.2) is 11.7 Å². The van der Waals surface area contributed by atoms with Crippen LogP contribution >= 0.6 is 0 Å². The number of fused-ring (bicyclic) bond motifs is 2. The summed E-state index contributed by atoms with van der Waals surface area (Å²) in [5.74, 6) is -6.65. The van der Waals surface area contributed by atoms with Crippen molar-refractivity contribution in [1.29, 1.82) is 0 Å². The van der Waals surface area contributed by atoms with Crippen LogP contribution in [0.2, 0.25) is 0 Å². The van der Waals surface area contributed by atoms with Crippen LogP contribution in [-0.4, -0.2) is 91.3 Å². The fourth-order valence-corrected chi connectivity index (χ4v) is 9.10. The molecule has 3 aliphatic carbocycles. The average Bonchev–Trinajstić information content (AvgIpc) is 3.28. The fourth-order valence-electron chi connectivity index (χ4n) is 9.10. The van der Waals surface area contributed by atoms with Crippen LogP contribution in [0.1, 0.15) is 58.3 Å². The van der Waals surface area contributed by atoms with Crippen LogP contribution in [0, 0.1) is 23.7 Å². The second-order valence-corrected chi connectivity index (χ2v) is 13.3. The molecular formula is C31H40O11. The van der Waals surface area contributed by atoms with Gasteiger partial charge in [-0.05, 0) is 43.9 Å². The van der Waals surface area contributed by atoms with E-state index in [0.717, 1.165) is 6.92 Å². The first-order chi connectivity index (χ1) is 19.5. The Morgan fingerprint density at radius 1 is 1.00 bits per heavy atom. The van der Waals surface area contributed by atoms with E-state index in [1.165, 1.54) is 6.92 Å². The van der Waals surface area contributed by atoms with Crippen molar-refractivity contribution in [3.8, 4) is 0 Å². The summed E-state index contributed by atoms with van der Waals surface area (Å²) in [7, 11) is 0. The minimum absolute atomic E-state index is 0.168. The summed E-state index contributed by atoms with van der Waals surface area (Å²) >= 11 is 0. The molecule has 0 amide bonds. The van der Waals surface area contributed by atoms with Crippen LogP contribution in [0.15, 0.2) is 42.5 Å². The molecule has 14 atom stereocenters. The predicted octanol–water partition coefficient (Wildman–Crippen LogP) is 1.46. The quantitative estimate of drug-likeness (QED) is 0.298. The SMILES string of the molecule is C=C(C)C12OC3(C)OC1C1C(O)C(C)(O)C(OC(C)=O)C4(O)C(O)C(C)CC4C1(O3)C(C)C2OC(=O)c1ccccc1. The molecule has 3 bridgehead atoms. The van der Waals surface area contributed by atoms with Gasteiger partial charge >= 0.3 is 11.9 Å². The Bertz CT molecular complexity index is 1310. The van der Waals surface area contributed by atoms with Crippen molar-refractivity contribution in [2.45, 2.75) is 107 Å². The Labute approximate surface area is 244 Å². The Balaban J connectivity index is 1.61. The van der Waals surface area contributed by atoms with Crippen LogP contribution in [0.5, 0.6) is 0 Å². The molecule has 230 valence electrons. The van der Waals surface area contributed by atoms with Gasteiger partial charge in [0.05, 0.1) is 23.4 Å². The van der Waals surface area contributed by atoms with E-state index in [-0.39, 0.29) is 6.42 Å². The van der Waals surface area contributed by atoms with Crippen LogP contribution in [0.25, 0.3) is 0 Å². The first kappa shape index (κ1) is 29.7. The van der Waals surface area contributed by atoms with Gasteiger partial charge in [-0.15, -0.1) is 0 Å². The number of aliphatic hydroxyl groups is 4. The number of rotatable bonds is 4. The second-order valence-electron chi connectivity index (χ2n) is 13.3. The minimum Gasteiger partial charge on any atom is -0.456 e. The van der Waals surface area contributed by atoms with E-state index in [4.69, 9.17) is 23.7 Å². The topological polar surface area (TPSA) is 161 Å². The van der Waals surface area contributed by atoms with Crippen molar-refractivity contribution in [1.82, 2.24) is 0 Å². The summed E-state index contributed by atoms with van der Waals surface area (Å²) in [6.07, 6.45) is -6.93. The molecule has 0 spiro atoms. The van der Waals surface area contributed by atoms with Crippen molar-refractivity contribution in [2.75, 3.05) is 0 Å². The number of esters is 2. The third-order valence-corrected chi connectivity index (χ3v) is 10.7. The molecule has 11 nitrogen and oxygen atoms in total. The van der Waals surface area contributed by atoms with Gasteiger partial charge in [-0.3, -0.25) is 4.79 Å². The molecule has 4 N–H and O–H groups in total. The molecular weight excluding hydrogens is 548 g/mol. The molecule has 0 aromatic heterocycles. The molecule has 5 aliphatic rings. The van der Waals surface area contributed by atoms with E-state index in [9.17, 15) is 30.0 Å². The van der Waals surface area contributed by atoms with Crippen molar-refractivity contribution >= 4 is 11.9 Å². The monoisotopic (exact) mass is 588 g/mol. The first-order valence-corrected chi connectivity index (χ1v) is 14.5. The van der Waals surface area contributed by atoms with Gasteiger partial charge in [0, 0.05) is 31.6 Å². The number of carbonyl (C=O) groups is 2. The van der Waals surface area contributed by atoms with Crippen LogP contribution in [0.4, 0.5) is 0 Å². The zero-order chi connectivity index (χ0) is 30.8. The van der Waals surface area contributed by atoms with Gasteiger partial charge in [0.25, 0.3) is 5.97 Å². The first-order valence-electron chi connectivity index (χ1n) is 14.5. The number of hydrogen-bond acceptors (Lipinski definition) is 11. The molecule has 42 heavy (non-hydrogen) atoms. The highest BCUT2D eigenvalue weighted by Gasteiger charge is 2.86. The van der Waals surface area contributed by atoms with E-state index < -0.39 is 94.5 Å².